The van der Waals surface area contributed by atoms with Gasteiger partial charge in [0, 0.05) is 6.54 Å². The highest BCUT2D eigenvalue weighted by Gasteiger charge is 2.26. The molecule has 0 fully saturated rings. The summed E-state index contributed by atoms with van der Waals surface area (Å²) in [6, 6.07) is 5.08. The standard InChI is InChI=1S/C16H21ClN4O/c1-4-10-20(16(22)21(11-5-2)15(18)19)14-12(6-3)8-7-9-13(14)17/h2,7-9H,4,6,10-11H2,1,3H3,(H3,18,19). The summed E-state index contributed by atoms with van der Waals surface area (Å²) >= 11 is 6.31. The third kappa shape index (κ3) is 3.92. The summed E-state index contributed by atoms with van der Waals surface area (Å²) in [5.41, 5.74) is 7.09. The quantitative estimate of drug-likeness (QED) is 0.497. The second kappa shape index (κ2) is 8.30. The monoisotopic (exact) mass is 320 g/mol. The highest BCUT2D eigenvalue weighted by molar-refractivity contribution is 6.34. The number of aryl methyl sites for hydroxylation is 1. The maximum atomic E-state index is 12.8. The first-order valence-corrected chi connectivity index (χ1v) is 7.49. The van der Waals surface area contributed by atoms with Crippen molar-refractivity contribution in [3.8, 4) is 12.3 Å². The van der Waals surface area contributed by atoms with Crippen LogP contribution in [0.4, 0.5) is 10.5 Å². The Morgan fingerprint density at radius 2 is 2.14 bits per heavy atom. The molecule has 2 amide bonds. The van der Waals surface area contributed by atoms with Gasteiger partial charge in [-0.3, -0.25) is 15.2 Å². The number of halogens is 1. The Balaban J connectivity index is 3.32. The van der Waals surface area contributed by atoms with E-state index in [1.807, 2.05) is 26.0 Å². The van der Waals surface area contributed by atoms with Gasteiger partial charge < -0.3 is 5.73 Å². The fourth-order valence-electron chi connectivity index (χ4n) is 2.17. The van der Waals surface area contributed by atoms with Gasteiger partial charge in [0.2, 0.25) is 0 Å². The van der Waals surface area contributed by atoms with Crippen LogP contribution in [0.2, 0.25) is 5.02 Å². The molecular weight excluding hydrogens is 300 g/mol. The summed E-state index contributed by atoms with van der Waals surface area (Å²) in [7, 11) is 0. The van der Waals surface area contributed by atoms with Gasteiger partial charge in [-0.1, -0.05) is 43.5 Å². The molecule has 1 aromatic carbocycles. The van der Waals surface area contributed by atoms with Gasteiger partial charge in [0.1, 0.15) is 0 Å². The number of carbonyl (C=O) groups excluding carboxylic acids is 1. The second-order valence-corrected chi connectivity index (χ2v) is 5.12. The SMILES string of the molecule is C#CCN(C(=N)N)C(=O)N(CCC)c1c(Cl)cccc1CC. The van der Waals surface area contributed by atoms with Crippen LogP contribution in [-0.2, 0) is 6.42 Å². The molecule has 0 spiro atoms. The Kier molecular flexibility index (Phi) is 6.74. The fourth-order valence-corrected chi connectivity index (χ4v) is 2.46. The number of rotatable bonds is 5. The molecule has 0 unspecified atom stereocenters. The summed E-state index contributed by atoms with van der Waals surface area (Å²) in [6.07, 6.45) is 6.74. The smallest absolute Gasteiger partial charge is 0.332 e. The van der Waals surface area contributed by atoms with Crippen LogP contribution in [0.15, 0.2) is 18.2 Å². The van der Waals surface area contributed by atoms with Crippen molar-refractivity contribution < 1.29 is 4.79 Å². The summed E-state index contributed by atoms with van der Waals surface area (Å²) in [4.78, 5) is 15.4. The molecule has 0 saturated heterocycles. The van der Waals surface area contributed by atoms with Gasteiger partial charge in [-0.2, -0.15) is 0 Å². The number of terminal acetylenes is 1. The van der Waals surface area contributed by atoms with Crippen molar-refractivity contribution in [2.75, 3.05) is 18.0 Å². The minimum absolute atomic E-state index is 0.0553. The Hall–Kier alpha value is -2.19. The lowest BCUT2D eigenvalue weighted by Gasteiger charge is -2.30. The number of nitrogens with two attached hydrogens (primary N) is 1. The lowest BCUT2D eigenvalue weighted by atomic mass is 10.1. The number of anilines is 1. The molecule has 0 heterocycles. The molecule has 0 aliphatic heterocycles. The van der Waals surface area contributed by atoms with Crippen LogP contribution < -0.4 is 10.6 Å². The number of nitrogens with one attached hydrogen (secondary N) is 1. The van der Waals surface area contributed by atoms with E-state index in [2.05, 4.69) is 5.92 Å². The fraction of sp³-hybridized carbons (Fsp3) is 0.375. The molecule has 3 N–H and O–H groups in total. The van der Waals surface area contributed by atoms with E-state index in [0.717, 1.165) is 23.3 Å². The summed E-state index contributed by atoms with van der Waals surface area (Å²) in [6.45, 7) is 4.36. The first kappa shape index (κ1) is 17.9. The highest BCUT2D eigenvalue weighted by Crippen LogP contribution is 2.31. The second-order valence-electron chi connectivity index (χ2n) is 4.71. The van der Waals surface area contributed by atoms with Crippen LogP contribution in [0.3, 0.4) is 0 Å². The molecule has 0 aliphatic carbocycles. The van der Waals surface area contributed by atoms with E-state index in [0.29, 0.717) is 17.3 Å². The first-order valence-electron chi connectivity index (χ1n) is 7.11. The summed E-state index contributed by atoms with van der Waals surface area (Å²) < 4.78 is 0. The molecule has 0 aromatic heterocycles. The number of urea groups is 1. The molecule has 22 heavy (non-hydrogen) atoms. The van der Waals surface area contributed by atoms with E-state index in [1.165, 1.54) is 0 Å². The number of hydrogen-bond acceptors (Lipinski definition) is 2. The number of carbonyl (C=O) groups is 1. The van der Waals surface area contributed by atoms with Crippen LogP contribution in [0.25, 0.3) is 0 Å². The van der Waals surface area contributed by atoms with Crippen LogP contribution in [0.1, 0.15) is 25.8 Å². The predicted molar refractivity (Wildman–Crippen MR) is 91.3 cm³/mol. The lowest BCUT2D eigenvalue weighted by Crippen LogP contribution is -2.49. The Labute approximate surface area is 136 Å². The molecule has 0 saturated carbocycles. The molecule has 0 aliphatic rings. The van der Waals surface area contributed by atoms with E-state index in [4.69, 9.17) is 29.2 Å². The molecule has 0 radical (unpaired) electrons. The van der Waals surface area contributed by atoms with E-state index >= 15 is 0 Å². The number of guanidine groups is 1. The zero-order chi connectivity index (χ0) is 16.7. The van der Waals surface area contributed by atoms with Gasteiger partial charge in [-0.15, -0.1) is 6.42 Å². The van der Waals surface area contributed by atoms with Gasteiger partial charge >= 0.3 is 6.03 Å². The van der Waals surface area contributed by atoms with Gasteiger partial charge in [0.15, 0.2) is 5.96 Å². The average Bonchev–Trinajstić information content (AvgIpc) is 2.49. The van der Waals surface area contributed by atoms with Crippen LogP contribution in [0.5, 0.6) is 0 Å². The van der Waals surface area contributed by atoms with Crippen molar-refractivity contribution in [1.82, 2.24) is 4.90 Å². The third-order valence-electron chi connectivity index (χ3n) is 3.17. The zero-order valence-electron chi connectivity index (χ0n) is 12.9. The Morgan fingerprint density at radius 1 is 1.45 bits per heavy atom. The van der Waals surface area contributed by atoms with Crippen LogP contribution in [0, 0.1) is 17.8 Å². The average molecular weight is 321 g/mol. The number of amides is 2. The molecule has 118 valence electrons. The number of hydrogen-bond donors (Lipinski definition) is 2. The Morgan fingerprint density at radius 3 is 2.64 bits per heavy atom. The van der Waals surface area contributed by atoms with Crippen molar-refractivity contribution >= 4 is 29.3 Å². The number of para-hydroxylation sites is 1. The Bertz CT molecular complexity index is 594. The molecule has 5 nitrogen and oxygen atoms in total. The highest BCUT2D eigenvalue weighted by atomic mass is 35.5. The predicted octanol–water partition coefficient (Wildman–Crippen LogP) is 3.07. The molecular formula is C16H21ClN4O. The van der Waals surface area contributed by atoms with Crippen molar-refractivity contribution in [2.24, 2.45) is 5.73 Å². The first-order chi connectivity index (χ1) is 10.5. The van der Waals surface area contributed by atoms with E-state index in [9.17, 15) is 4.79 Å². The number of nitrogens with zero attached hydrogens (tertiary/aromatic N) is 2. The van der Waals surface area contributed by atoms with E-state index in [1.54, 1.807) is 11.0 Å². The van der Waals surface area contributed by atoms with Crippen LogP contribution in [-0.4, -0.2) is 30.0 Å². The van der Waals surface area contributed by atoms with Crippen molar-refractivity contribution in [3.05, 3.63) is 28.8 Å². The molecule has 0 bridgehead atoms. The molecule has 1 rings (SSSR count). The summed E-state index contributed by atoms with van der Waals surface area (Å²) in [5.74, 6) is 1.97. The van der Waals surface area contributed by atoms with Gasteiger partial charge in [-0.05, 0) is 24.5 Å². The largest absolute Gasteiger partial charge is 0.370 e. The minimum atomic E-state index is -0.435. The zero-order valence-corrected chi connectivity index (χ0v) is 13.7. The van der Waals surface area contributed by atoms with E-state index in [-0.39, 0.29) is 12.5 Å². The summed E-state index contributed by atoms with van der Waals surface area (Å²) in [5, 5.41) is 8.04. The maximum absolute atomic E-state index is 12.8. The normalized spacial score (nSPS) is 9.91. The number of benzene rings is 1. The van der Waals surface area contributed by atoms with Crippen molar-refractivity contribution in [2.45, 2.75) is 26.7 Å². The lowest BCUT2D eigenvalue weighted by molar-refractivity contribution is 0.229. The molecule has 1 aromatic rings. The molecule has 0 atom stereocenters. The topological polar surface area (TPSA) is 73.4 Å². The molecule has 6 heteroatoms. The van der Waals surface area contributed by atoms with Crippen molar-refractivity contribution in [1.29, 1.82) is 5.41 Å². The van der Waals surface area contributed by atoms with Gasteiger partial charge in [0.25, 0.3) is 0 Å². The van der Waals surface area contributed by atoms with Crippen molar-refractivity contribution in [3.63, 3.8) is 0 Å². The third-order valence-corrected chi connectivity index (χ3v) is 3.48. The van der Waals surface area contributed by atoms with Crippen LogP contribution >= 0.6 is 11.6 Å². The van der Waals surface area contributed by atoms with Gasteiger partial charge in [-0.25, -0.2) is 4.79 Å². The maximum Gasteiger partial charge on any atom is 0.332 e. The van der Waals surface area contributed by atoms with Gasteiger partial charge in [0.05, 0.1) is 17.3 Å². The van der Waals surface area contributed by atoms with E-state index < -0.39 is 6.03 Å². The minimum Gasteiger partial charge on any atom is -0.370 e.